The predicted molar refractivity (Wildman–Crippen MR) is 94.1 cm³/mol. The van der Waals surface area contributed by atoms with E-state index < -0.39 is 5.82 Å². The first kappa shape index (κ1) is 17.8. The Balaban J connectivity index is 1.82. The summed E-state index contributed by atoms with van der Waals surface area (Å²) in [4.78, 5) is 8.83. The number of benzene rings is 2. The quantitative estimate of drug-likeness (QED) is 0.649. The maximum Gasteiger partial charge on any atom is 0.217 e. The number of hydrogen-bond acceptors (Lipinski definition) is 4. The lowest BCUT2D eigenvalue weighted by atomic mass is 10.2. The molecule has 0 aliphatic heterocycles. The maximum atomic E-state index is 13.8. The molecule has 0 fully saturated rings. The minimum atomic E-state index is -0.447. The van der Waals surface area contributed by atoms with Gasteiger partial charge in [-0.15, -0.1) is 0 Å². The summed E-state index contributed by atoms with van der Waals surface area (Å²) in [5, 5.41) is 0. The SMILES string of the molecule is CCc1cc(OCc2ccc(OC)c(F)c2)nc(-c2ccc(F)cc2)n1. The molecule has 6 heteroatoms. The van der Waals surface area contributed by atoms with Gasteiger partial charge in [-0.05, 0) is 48.4 Å². The summed E-state index contributed by atoms with van der Waals surface area (Å²) in [6, 6.07) is 12.3. The van der Waals surface area contributed by atoms with Crippen LogP contribution in [0.4, 0.5) is 8.78 Å². The Labute approximate surface area is 150 Å². The second kappa shape index (κ2) is 7.91. The van der Waals surface area contributed by atoms with Crippen molar-refractivity contribution >= 4 is 0 Å². The highest BCUT2D eigenvalue weighted by atomic mass is 19.1. The van der Waals surface area contributed by atoms with Crippen molar-refractivity contribution < 1.29 is 18.3 Å². The van der Waals surface area contributed by atoms with Gasteiger partial charge in [0.25, 0.3) is 0 Å². The van der Waals surface area contributed by atoms with Crippen molar-refractivity contribution in [2.75, 3.05) is 7.11 Å². The third-order valence-electron chi connectivity index (χ3n) is 3.82. The van der Waals surface area contributed by atoms with E-state index in [1.807, 2.05) is 6.92 Å². The van der Waals surface area contributed by atoms with E-state index in [2.05, 4.69) is 9.97 Å². The molecule has 0 amide bonds. The minimum absolute atomic E-state index is 0.157. The van der Waals surface area contributed by atoms with Crippen LogP contribution < -0.4 is 9.47 Å². The Bertz CT molecular complexity index is 899. The Hall–Kier alpha value is -3.02. The lowest BCUT2D eigenvalue weighted by Crippen LogP contribution is -2.02. The van der Waals surface area contributed by atoms with E-state index in [1.54, 1.807) is 30.3 Å². The fourth-order valence-electron chi connectivity index (χ4n) is 2.41. The zero-order chi connectivity index (χ0) is 18.5. The molecular formula is C20H18F2N2O2. The van der Waals surface area contributed by atoms with Crippen molar-refractivity contribution in [1.29, 1.82) is 0 Å². The summed E-state index contributed by atoms with van der Waals surface area (Å²) in [5.74, 6) is 0.256. The topological polar surface area (TPSA) is 44.2 Å². The summed E-state index contributed by atoms with van der Waals surface area (Å²) in [5.41, 5.74) is 2.15. The Morgan fingerprint density at radius 1 is 0.962 bits per heavy atom. The van der Waals surface area contributed by atoms with Gasteiger partial charge in [0.15, 0.2) is 17.4 Å². The van der Waals surface area contributed by atoms with Gasteiger partial charge in [0.2, 0.25) is 5.88 Å². The molecule has 0 bridgehead atoms. The zero-order valence-electron chi connectivity index (χ0n) is 14.5. The number of hydrogen-bond donors (Lipinski definition) is 0. The van der Waals surface area contributed by atoms with E-state index in [9.17, 15) is 8.78 Å². The average molecular weight is 356 g/mol. The molecule has 4 nitrogen and oxygen atoms in total. The lowest BCUT2D eigenvalue weighted by Gasteiger charge is -2.10. The number of rotatable bonds is 6. The molecule has 0 aliphatic rings. The Morgan fingerprint density at radius 2 is 1.73 bits per heavy atom. The largest absolute Gasteiger partial charge is 0.494 e. The van der Waals surface area contributed by atoms with Gasteiger partial charge < -0.3 is 9.47 Å². The predicted octanol–water partition coefficient (Wildman–Crippen LogP) is 4.57. The molecule has 1 aromatic heterocycles. The first-order valence-electron chi connectivity index (χ1n) is 8.18. The van der Waals surface area contributed by atoms with Crippen LogP contribution >= 0.6 is 0 Å². The molecule has 0 saturated carbocycles. The average Bonchev–Trinajstić information content (AvgIpc) is 2.66. The molecule has 1 heterocycles. The highest BCUT2D eigenvalue weighted by Gasteiger charge is 2.09. The Kier molecular flexibility index (Phi) is 5.41. The van der Waals surface area contributed by atoms with Gasteiger partial charge in [-0.3, -0.25) is 0 Å². The molecule has 0 aliphatic carbocycles. The van der Waals surface area contributed by atoms with E-state index in [0.29, 0.717) is 29.3 Å². The first-order valence-corrected chi connectivity index (χ1v) is 8.18. The molecule has 0 saturated heterocycles. The number of aromatic nitrogens is 2. The van der Waals surface area contributed by atoms with Crippen LogP contribution in [-0.4, -0.2) is 17.1 Å². The summed E-state index contributed by atoms with van der Waals surface area (Å²) in [7, 11) is 1.42. The summed E-state index contributed by atoms with van der Waals surface area (Å²) in [6.07, 6.45) is 0.699. The second-order valence-corrected chi connectivity index (χ2v) is 5.64. The fourth-order valence-corrected chi connectivity index (χ4v) is 2.41. The maximum absolute atomic E-state index is 13.8. The summed E-state index contributed by atoms with van der Waals surface area (Å²) in [6.45, 7) is 2.13. The van der Waals surface area contributed by atoms with Crippen LogP contribution in [-0.2, 0) is 13.0 Å². The third kappa shape index (κ3) is 4.14. The van der Waals surface area contributed by atoms with Gasteiger partial charge >= 0.3 is 0 Å². The van der Waals surface area contributed by atoms with Crippen molar-refractivity contribution in [3.63, 3.8) is 0 Å². The van der Waals surface area contributed by atoms with Crippen LogP contribution in [0.1, 0.15) is 18.2 Å². The van der Waals surface area contributed by atoms with Gasteiger partial charge in [0, 0.05) is 17.3 Å². The molecule has 2 aromatic carbocycles. The van der Waals surface area contributed by atoms with Gasteiger partial charge in [0.1, 0.15) is 12.4 Å². The third-order valence-corrected chi connectivity index (χ3v) is 3.82. The minimum Gasteiger partial charge on any atom is -0.494 e. The molecule has 3 rings (SSSR count). The molecule has 0 radical (unpaired) electrons. The monoisotopic (exact) mass is 356 g/mol. The first-order chi connectivity index (χ1) is 12.6. The smallest absolute Gasteiger partial charge is 0.217 e. The van der Waals surface area contributed by atoms with Crippen LogP contribution in [0.25, 0.3) is 11.4 Å². The summed E-state index contributed by atoms with van der Waals surface area (Å²) < 4.78 is 37.5. The number of nitrogens with zero attached hydrogens (tertiary/aromatic N) is 2. The van der Waals surface area contributed by atoms with Gasteiger partial charge in [-0.25, -0.2) is 13.8 Å². The van der Waals surface area contributed by atoms with Crippen molar-refractivity contribution in [3.05, 3.63) is 71.4 Å². The van der Waals surface area contributed by atoms with E-state index in [0.717, 1.165) is 5.69 Å². The van der Waals surface area contributed by atoms with Crippen molar-refractivity contribution in [2.45, 2.75) is 20.0 Å². The van der Waals surface area contributed by atoms with Crippen LogP contribution in [0.5, 0.6) is 11.6 Å². The van der Waals surface area contributed by atoms with Gasteiger partial charge in [-0.1, -0.05) is 13.0 Å². The summed E-state index contributed by atoms with van der Waals surface area (Å²) >= 11 is 0. The number of methoxy groups -OCH3 is 1. The molecule has 134 valence electrons. The van der Waals surface area contributed by atoms with E-state index in [4.69, 9.17) is 9.47 Å². The molecular weight excluding hydrogens is 338 g/mol. The van der Waals surface area contributed by atoms with Crippen LogP contribution in [0.15, 0.2) is 48.5 Å². The van der Waals surface area contributed by atoms with Crippen LogP contribution in [0, 0.1) is 11.6 Å². The van der Waals surface area contributed by atoms with Crippen molar-refractivity contribution in [2.24, 2.45) is 0 Å². The zero-order valence-corrected chi connectivity index (χ0v) is 14.5. The molecule has 3 aromatic rings. The van der Waals surface area contributed by atoms with E-state index in [1.165, 1.54) is 25.3 Å². The van der Waals surface area contributed by atoms with E-state index in [-0.39, 0.29) is 18.2 Å². The molecule has 0 unspecified atom stereocenters. The lowest BCUT2D eigenvalue weighted by molar-refractivity contribution is 0.292. The molecule has 0 N–H and O–H groups in total. The molecule has 0 spiro atoms. The van der Waals surface area contributed by atoms with Gasteiger partial charge in [0.05, 0.1) is 7.11 Å². The Morgan fingerprint density at radius 3 is 2.38 bits per heavy atom. The van der Waals surface area contributed by atoms with Gasteiger partial charge in [-0.2, -0.15) is 4.98 Å². The fraction of sp³-hybridized carbons (Fsp3) is 0.200. The van der Waals surface area contributed by atoms with Crippen molar-refractivity contribution in [1.82, 2.24) is 9.97 Å². The molecule has 0 atom stereocenters. The second-order valence-electron chi connectivity index (χ2n) is 5.64. The number of aryl methyl sites for hydroxylation is 1. The number of ether oxygens (including phenoxy) is 2. The van der Waals surface area contributed by atoms with Crippen LogP contribution in [0.2, 0.25) is 0 Å². The molecule has 26 heavy (non-hydrogen) atoms. The highest BCUT2D eigenvalue weighted by molar-refractivity contribution is 5.55. The number of halogens is 2. The normalized spacial score (nSPS) is 10.6. The van der Waals surface area contributed by atoms with E-state index >= 15 is 0 Å². The van der Waals surface area contributed by atoms with Crippen LogP contribution in [0.3, 0.4) is 0 Å². The highest BCUT2D eigenvalue weighted by Crippen LogP contribution is 2.22. The van der Waals surface area contributed by atoms with Crippen molar-refractivity contribution in [3.8, 4) is 23.0 Å². The standard InChI is InChI=1S/C20H18F2N2O2/c1-3-16-11-19(24-20(23-16)14-5-7-15(21)8-6-14)26-12-13-4-9-18(25-2)17(22)10-13/h4-11H,3,12H2,1-2H3.